The molecule has 0 aromatic heterocycles. The number of benzene rings is 2. The van der Waals surface area contributed by atoms with E-state index in [-0.39, 0.29) is 5.91 Å². The van der Waals surface area contributed by atoms with Gasteiger partial charge in [0.25, 0.3) is 5.91 Å². The number of amides is 1. The van der Waals surface area contributed by atoms with Crippen LogP contribution in [0.3, 0.4) is 0 Å². The minimum Gasteiger partial charge on any atom is -0.310 e. The van der Waals surface area contributed by atoms with Gasteiger partial charge in [0, 0.05) is 22.6 Å². The number of benzodiazepines with no additional fused rings is 1. The molecule has 0 fully saturated rings. The van der Waals surface area contributed by atoms with Crippen molar-refractivity contribution < 1.29 is 4.79 Å². The summed E-state index contributed by atoms with van der Waals surface area (Å²) in [5, 5.41) is 3.58. The van der Waals surface area contributed by atoms with Crippen molar-refractivity contribution in [3.8, 4) is 0 Å². The third-order valence-electron chi connectivity index (χ3n) is 3.71. The van der Waals surface area contributed by atoms with E-state index >= 15 is 0 Å². The van der Waals surface area contributed by atoms with Crippen LogP contribution in [-0.2, 0) is 4.79 Å². The van der Waals surface area contributed by atoms with Crippen LogP contribution < -0.4 is 4.90 Å². The normalized spacial score (nSPS) is 16.9. The first-order valence-electron chi connectivity index (χ1n) is 7.34. The number of fused-ring (bicyclic) bond motifs is 1. The average molecular weight is 305 g/mol. The van der Waals surface area contributed by atoms with E-state index in [1.165, 1.54) is 0 Å². The Morgan fingerprint density at radius 1 is 1.17 bits per heavy atom. The summed E-state index contributed by atoms with van der Waals surface area (Å²) in [6.07, 6.45) is -1.09. The van der Waals surface area contributed by atoms with Crippen molar-refractivity contribution in [2.75, 3.05) is 11.4 Å². The summed E-state index contributed by atoms with van der Waals surface area (Å²) in [5.41, 5.74) is 11.9. The summed E-state index contributed by atoms with van der Waals surface area (Å²) in [6, 6.07) is 17.2. The van der Waals surface area contributed by atoms with Crippen LogP contribution in [0.5, 0.6) is 0 Å². The molecule has 0 saturated carbocycles. The van der Waals surface area contributed by atoms with E-state index in [2.05, 4.69) is 15.0 Å². The first-order valence-corrected chi connectivity index (χ1v) is 7.34. The zero-order chi connectivity index (χ0) is 16.2. The van der Waals surface area contributed by atoms with E-state index in [0.717, 1.165) is 16.8 Å². The van der Waals surface area contributed by atoms with Gasteiger partial charge in [-0.2, -0.15) is 0 Å². The van der Waals surface area contributed by atoms with E-state index in [4.69, 9.17) is 5.53 Å². The highest BCUT2D eigenvalue weighted by Gasteiger charge is 2.30. The summed E-state index contributed by atoms with van der Waals surface area (Å²) in [5.74, 6) is -0.316. The van der Waals surface area contributed by atoms with Crippen LogP contribution in [0.15, 0.2) is 64.7 Å². The molecule has 1 heterocycles. The summed E-state index contributed by atoms with van der Waals surface area (Å²) in [6.45, 7) is 2.36. The zero-order valence-electron chi connectivity index (χ0n) is 12.6. The number of azide groups is 1. The minimum absolute atomic E-state index is 0.316. The second-order valence-corrected chi connectivity index (χ2v) is 5.02. The number of hydrogen-bond donors (Lipinski definition) is 0. The molecular weight excluding hydrogens is 290 g/mol. The highest BCUT2D eigenvalue weighted by Crippen LogP contribution is 2.28. The van der Waals surface area contributed by atoms with Gasteiger partial charge in [-0.3, -0.25) is 9.79 Å². The lowest BCUT2D eigenvalue weighted by Gasteiger charge is -2.22. The molecule has 1 atom stereocenters. The molecule has 1 amide bonds. The Kier molecular flexibility index (Phi) is 4.08. The van der Waals surface area contributed by atoms with Gasteiger partial charge < -0.3 is 4.90 Å². The van der Waals surface area contributed by atoms with Gasteiger partial charge in [-0.05, 0) is 18.5 Å². The molecule has 0 aliphatic carbocycles. The highest BCUT2D eigenvalue weighted by molar-refractivity contribution is 6.20. The Hall–Kier alpha value is -3.11. The standard InChI is InChI=1S/C17H15N5O/c1-2-22-14-11-7-6-10-13(14)15(12-8-4-3-5-9-12)19-16(17(22)23)20-21-18/h3-11,16H,2H2,1H3. The van der Waals surface area contributed by atoms with Crippen LogP contribution in [0.2, 0.25) is 0 Å². The van der Waals surface area contributed by atoms with E-state index in [9.17, 15) is 4.79 Å². The van der Waals surface area contributed by atoms with Crippen molar-refractivity contribution in [2.45, 2.75) is 13.1 Å². The molecule has 2 aromatic carbocycles. The number of rotatable bonds is 3. The van der Waals surface area contributed by atoms with E-state index in [1.807, 2.05) is 61.5 Å². The molecule has 114 valence electrons. The van der Waals surface area contributed by atoms with Crippen LogP contribution in [-0.4, -0.2) is 24.3 Å². The molecule has 2 aromatic rings. The van der Waals surface area contributed by atoms with Crippen LogP contribution in [0.1, 0.15) is 18.1 Å². The molecule has 3 rings (SSSR count). The number of para-hydroxylation sites is 1. The molecule has 6 heteroatoms. The molecule has 1 unspecified atom stereocenters. The van der Waals surface area contributed by atoms with Crippen molar-refractivity contribution in [1.82, 2.24) is 0 Å². The Bertz CT molecular complexity index is 809. The first kappa shape index (κ1) is 14.8. The fraction of sp³-hybridized carbons (Fsp3) is 0.176. The zero-order valence-corrected chi connectivity index (χ0v) is 12.6. The number of aliphatic imine (C=N–C) groups is 1. The lowest BCUT2D eigenvalue weighted by atomic mass is 10.0. The summed E-state index contributed by atoms with van der Waals surface area (Å²) in [4.78, 5) is 21.5. The molecular formula is C17H15N5O. The number of likely N-dealkylation sites (N-methyl/N-ethyl adjacent to an activating group) is 1. The second kappa shape index (κ2) is 6.34. The SMILES string of the molecule is CCN1C(=O)C(N=[N+]=[N-])N=C(c2ccccc2)c2ccccc21. The number of hydrogen-bond acceptors (Lipinski definition) is 3. The monoisotopic (exact) mass is 305 g/mol. The smallest absolute Gasteiger partial charge is 0.257 e. The van der Waals surface area contributed by atoms with Gasteiger partial charge in [-0.25, -0.2) is 0 Å². The fourth-order valence-electron chi connectivity index (χ4n) is 2.69. The summed E-state index contributed by atoms with van der Waals surface area (Å²) in [7, 11) is 0. The average Bonchev–Trinajstić information content (AvgIpc) is 2.71. The van der Waals surface area contributed by atoms with Crippen LogP contribution >= 0.6 is 0 Å². The molecule has 23 heavy (non-hydrogen) atoms. The lowest BCUT2D eigenvalue weighted by molar-refractivity contribution is -0.119. The summed E-state index contributed by atoms with van der Waals surface area (Å²) >= 11 is 0. The van der Waals surface area contributed by atoms with E-state index < -0.39 is 6.17 Å². The number of nitrogens with zero attached hydrogens (tertiary/aromatic N) is 5. The van der Waals surface area contributed by atoms with Gasteiger partial charge in [0.2, 0.25) is 6.17 Å². The minimum atomic E-state index is -1.09. The molecule has 1 aliphatic rings. The van der Waals surface area contributed by atoms with Gasteiger partial charge in [-0.1, -0.05) is 53.6 Å². The Balaban J connectivity index is 2.27. The quantitative estimate of drug-likeness (QED) is 0.485. The maximum atomic E-state index is 12.7. The highest BCUT2D eigenvalue weighted by atomic mass is 16.2. The van der Waals surface area contributed by atoms with Crippen molar-refractivity contribution in [3.05, 3.63) is 76.2 Å². The van der Waals surface area contributed by atoms with Gasteiger partial charge in [0.1, 0.15) is 0 Å². The van der Waals surface area contributed by atoms with Crippen molar-refractivity contribution in [3.63, 3.8) is 0 Å². The third-order valence-corrected chi connectivity index (χ3v) is 3.71. The molecule has 0 radical (unpaired) electrons. The molecule has 0 N–H and O–H groups in total. The second-order valence-electron chi connectivity index (χ2n) is 5.02. The molecule has 0 spiro atoms. The maximum Gasteiger partial charge on any atom is 0.257 e. The van der Waals surface area contributed by atoms with Gasteiger partial charge >= 0.3 is 0 Å². The van der Waals surface area contributed by atoms with Gasteiger partial charge in [0.05, 0.1) is 11.4 Å². The third kappa shape index (κ3) is 2.67. The fourth-order valence-corrected chi connectivity index (χ4v) is 2.69. The number of carbonyl (C=O) groups excluding carboxylic acids is 1. The van der Waals surface area contributed by atoms with Crippen LogP contribution in [0, 0.1) is 0 Å². The van der Waals surface area contributed by atoms with Crippen LogP contribution in [0.4, 0.5) is 5.69 Å². The molecule has 6 nitrogen and oxygen atoms in total. The molecule has 0 saturated heterocycles. The number of anilines is 1. The topological polar surface area (TPSA) is 81.4 Å². The number of carbonyl (C=O) groups is 1. The van der Waals surface area contributed by atoms with Crippen molar-refractivity contribution in [2.24, 2.45) is 10.1 Å². The summed E-state index contributed by atoms with van der Waals surface area (Å²) < 4.78 is 0. The van der Waals surface area contributed by atoms with Crippen molar-refractivity contribution >= 4 is 17.3 Å². The van der Waals surface area contributed by atoms with E-state index in [1.54, 1.807) is 4.90 Å². The maximum absolute atomic E-state index is 12.7. The largest absolute Gasteiger partial charge is 0.310 e. The predicted molar refractivity (Wildman–Crippen MR) is 89.5 cm³/mol. The lowest BCUT2D eigenvalue weighted by Crippen LogP contribution is -2.36. The van der Waals surface area contributed by atoms with Gasteiger partial charge in [0.15, 0.2) is 0 Å². The van der Waals surface area contributed by atoms with E-state index in [0.29, 0.717) is 12.3 Å². The first-order chi connectivity index (χ1) is 11.3. The van der Waals surface area contributed by atoms with Crippen LogP contribution in [0.25, 0.3) is 10.4 Å². The molecule has 0 bridgehead atoms. The predicted octanol–water partition coefficient (Wildman–Crippen LogP) is 3.53. The Labute approximate surface area is 133 Å². The van der Waals surface area contributed by atoms with Crippen molar-refractivity contribution in [1.29, 1.82) is 0 Å². The Morgan fingerprint density at radius 2 is 1.87 bits per heavy atom. The Morgan fingerprint density at radius 3 is 2.57 bits per heavy atom. The molecule has 1 aliphatic heterocycles. The van der Waals surface area contributed by atoms with Gasteiger partial charge in [-0.15, -0.1) is 0 Å².